The maximum atomic E-state index is 7.17. The first-order valence-corrected chi connectivity index (χ1v) is 22.9. The topological polar surface area (TPSA) is 60.8 Å². The minimum Gasteiger partial charge on any atom is -0.457 e. The van der Waals surface area contributed by atoms with E-state index >= 15 is 0 Å². The molecule has 0 fully saturated rings. The van der Waals surface area contributed by atoms with Crippen LogP contribution in [0.1, 0.15) is 22.3 Å². The van der Waals surface area contributed by atoms with Crippen LogP contribution in [0.15, 0.2) is 243 Å². The largest absolute Gasteiger partial charge is 0.457 e. The zero-order valence-corrected chi connectivity index (χ0v) is 36.8. The Morgan fingerprint density at radius 1 is 0.279 bits per heavy atom. The molecular formula is C63H40N4O. The van der Waals surface area contributed by atoms with Crippen LogP contribution < -0.4 is 4.74 Å². The van der Waals surface area contributed by atoms with Crippen molar-refractivity contribution in [1.82, 2.24) is 19.9 Å². The first kappa shape index (κ1) is 39.3. The number of benzene rings is 9. The number of nitrogens with zero attached hydrogens (tertiary/aromatic N) is 4. The summed E-state index contributed by atoms with van der Waals surface area (Å²) < 4.78 is 7.17. The molecule has 2 aliphatic rings. The van der Waals surface area contributed by atoms with Crippen molar-refractivity contribution in [2.75, 3.05) is 0 Å². The summed E-state index contributed by atoms with van der Waals surface area (Å²) >= 11 is 0. The maximum Gasteiger partial charge on any atom is 0.164 e. The van der Waals surface area contributed by atoms with Crippen LogP contribution in [0.2, 0.25) is 0 Å². The Hall–Kier alpha value is -9.06. The second kappa shape index (κ2) is 16.1. The summed E-state index contributed by atoms with van der Waals surface area (Å²) in [6.45, 7) is 0. The van der Waals surface area contributed by atoms with Crippen molar-refractivity contribution in [3.05, 3.63) is 265 Å². The van der Waals surface area contributed by atoms with Gasteiger partial charge in [-0.3, -0.25) is 4.98 Å². The van der Waals surface area contributed by atoms with E-state index in [4.69, 9.17) is 19.7 Å². The van der Waals surface area contributed by atoms with Gasteiger partial charge < -0.3 is 4.74 Å². The summed E-state index contributed by atoms with van der Waals surface area (Å²) in [6.07, 6.45) is 1.84. The van der Waals surface area contributed by atoms with E-state index in [1.807, 2.05) is 60.8 Å². The zero-order valence-electron chi connectivity index (χ0n) is 36.8. The Kier molecular flexibility index (Phi) is 9.32. The van der Waals surface area contributed by atoms with Crippen LogP contribution in [0.5, 0.6) is 11.5 Å². The van der Waals surface area contributed by atoms with E-state index in [9.17, 15) is 0 Å². The highest BCUT2D eigenvalue weighted by Gasteiger charge is 2.51. The van der Waals surface area contributed by atoms with Gasteiger partial charge in [-0.2, -0.15) is 0 Å². The molecule has 3 heterocycles. The third-order valence-corrected chi connectivity index (χ3v) is 13.5. The molecule has 0 atom stereocenters. The van der Waals surface area contributed by atoms with Crippen molar-refractivity contribution < 1.29 is 4.74 Å². The van der Waals surface area contributed by atoms with Gasteiger partial charge in [-0.1, -0.05) is 200 Å². The predicted octanol–water partition coefficient (Wildman–Crippen LogP) is 15.4. The lowest BCUT2D eigenvalue weighted by atomic mass is 9.65. The Bertz CT molecular complexity index is 3660. The standard InChI is InChI=1S/C63H40N4O/c1-3-15-41(16-4-1)42-28-30-44(31-29-42)61-65-60(43-17-5-2-6-18-43)66-62(67-61)50-22-14-20-46(38-50)48-33-35-56-59(40-48)68-58-39-47(45-19-13-21-49(37-45)57-27-11-12-36-64-57)32-34-55(58)63(56)53-25-9-7-23-51(53)52-24-8-10-26-54(52)63/h1-40H. The first-order valence-electron chi connectivity index (χ1n) is 22.9. The normalized spacial score (nSPS) is 12.6. The molecule has 13 rings (SSSR count). The second-order valence-corrected chi connectivity index (χ2v) is 17.4. The number of fused-ring (bicyclic) bond motifs is 9. The van der Waals surface area contributed by atoms with Crippen molar-refractivity contribution >= 4 is 0 Å². The molecule has 1 aliphatic heterocycles. The summed E-state index contributed by atoms with van der Waals surface area (Å²) in [5, 5.41) is 0. The molecule has 2 aromatic heterocycles. The molecule has 0 saturated carbocycles. The van der Waals surface area contributed by atoms with Gasteiger partial charge in [0.15, 0.2) is 17.5 Å². The SMILES string of the molecule is c1ccc(-c2ccc(-c3nc(-c4ccccc4)nc(-c4cccc(-c5ccc6c(c5)Oc5cc(-c7cccc(-c8ccccn8)c7)ccc5C65c6ccccc6-c6ccccc65)c4)n3)cc2)cc1. The summed E-state index contributed by atoms with van der Waals surface area (Å²) in [5.74, 6) is 3.49. The van der Waals surface area contributed by atoms with Crippen LogP contribution >= 0.6 is 0 Å². The fraction of sp³-hybridized carbons (Fsp3) is 0.0159. The van der Waals surface area contributed by atoms with E-state index in [2.05, 4.69) is 187 Å². The van der Waals surface area contributed by atoms with Gasteiger partial charge in [-0.15, -0.1) is 0 Å². The fourth-order valence-electron chi connectivity index (χ4n) is 10.3. The number of aromatic nitrogens is 4. The molecule has 0 unspecified atom stereocenters. The third-order valence-electron chi connectivity index (χ3n) is 13.5. The lowest BCUT2D eigenvalue weighted by Crippen LogP contribution is -2.32. The van der Waals surface area contributed by atoms with Crippen molar-refractivity contribution in [3.63, 3.8) is 0 Å². The third kappa shape index (κ3) is 6.55. The molecular weight excluding hydrogens is 829 g/mol. The number of rotatable bonds is 7. The summed E-state index contributed by atoms with van der Waals surface area (Å²) in [5.41, 5.74) is 17.9. The van der Waals surface area contributed by atoms with E-state index in [0.717, 1.165) is 84.0 Å². The van der Waals surface area contributed by atoms with Crippen molar-refractivity contribution in [2.24, 2.45) is 0 Å². The zero-order chi connectivity index (χ0) is 45.0. The second-order valence-electron chi connectivity index (χ2n) is 17.4. The summed E-state index contributed by atoms with van der Waals surface area (Å²) in [7, 11) is 0. The Labute approximate surface area is 394 Å². The number of hydrogen-bond acceptors (Lipinski definition) is 5. The van der Waals surface area contributed by atoms with E-state index in [1.165, 1.54) is 22.3 Å². The van der Waals surface area contributed by atoms with Crippen LogP contribution in [-0.4, -0.2) is 19.9 Å². The molecule has 0 N–H and O–H groups in total. The number of hydrogen-bond donors (Lipinski definition) is 0. The van der Waals surface area contributed by atoms with Gasteiger partial charge in [0.1, 0.15) is 11.5 Å². The molecule has 9 aromatic carbocycles. The lowest BCUT2D eigenvalue weighted by Gasteiger charge is -2.39. The quantitative estimate of drug-likeness (QED) is 0.160. The number of pyridine rings is 1. The van der Waals surface area contributed by atoms with Gasteiger partial charge in [0.05, 0.1) is 11.1 Å². The van der Waals surface area contributed by atoms with Crippen LogP contribution in [0, 0.1) is 0 Å². The predicted molar refractivity (Wildman–Crippen MR) is 273 cm³/mol. The molecule has 68 heavy (non-hydrogen) atoms. The highest BCUT2D eigenvalue weighted by molar-refractivity contribution is 5.90. The smallest absolute Gasteiger partial charge is 0.164 e. The minimum absolute atomic E-state index is 0.598. The molecule has 318 valence electrons. The fourth-order valence-corrected chi connectivity index (χ4v) is 10.3. The van der Waals surface area contributed by atoms with Gasteiger partial charge in [-0.05, 0) is 92.0 Å². The van der Waals surface area contributed by atoms with Gasteiger partial charge in [0, 0.05) is 39.6 Å². The highest BCUT2D eigenvalue weighted by Crippen LogP contribution is 2.62. The lowest BCUT2D eigenvalue weighted by molar-refractivity contribution is 0.437. The van der Waals surface area contributed by atoms with Crippen LogP contribution in [0.25, 0.3) is 89.9 Å². The Morgan fingerprint density at radius 2 is 0.691 bits per heavy atom. The summed E-state index contributed by atoms with van der Waals surface area (Å²) in [6, 6.07) is 83.2. The summed E-state index contributed by atoms with van der Waals surface area (Å²) in [4.78, 5) is 19.9. The molecule has 0 bridgehead atoms. The van der Waals surface area contributed by atoms with E-state index in [1.54, 1.807) is 0 Å². The molecule has 0 saturated heterocycles. The minimum atomic E-state index is -0.598. The monoisotopic (exact) mass is 868 g/mol. The van der Waals surface area contributed by atoms with Crippen LogP contribution in [0.4, 0.5) is 0 Å². The van der Waals surface area contributed by atoms with Crippen LogP contribution in [0.3, 0.4) is 0 Å². The van der Waals surface area contributed by atoms with E-state index in [-0.39, 0.29) is 0 Å². The van der Waals surface area contributed by atoms with Gasteiger partial charge >= 0.3 is 0 Å². The van der Waals surface area contributed by atoms with E-state index < -0.39 is 5.41 Å². The molecule has 1 spiro atoms. The Balaban J connectivity index is 0.932. The Morgan fingerprint density at radius 3 is 1.28 bits per heavy atom. The van der Waals surface area contributed by atoms with Crippen molar-refractivity contribution in [3.8, 4) is 101 Å². The molecule has 0 amide bonds. The maximum absolute atomic E-state index is 7.17. The highest BCUT2D eigenvalue weighted by atomic mass is 16.5. The molecule has 5 heteroatoms. The van der Waals surface area contributed by atoms with Gasteiger partial charge in [0.2, 0.25) is 0 Å². The van der Waals surface area contributed by atoms with E-state index in [0.29, 0.717) is 17.5 Å². The average molecular weight is 869 g/mol. The van der Waals surface area contributed by atoms with Gasteiger partial charge in [-0.25, -0.2) is 15.0 Å². The first-order chi connectivity index (χ1) is 33.7. The molecule has 11 aromatic rings. The van der Waals surface area contributed by atoms with Crippen molar-refractivity contribution in [1.29, 1.82) is 0 Å². The molecule has 1 aliphatic carbocycles. The molecule has 0 radical (unpaired) electrons. The molecule has 5 nitrogen and oxygen atoms in total. The van der Waals surface area contributed by atoms with Crippen molar-refractivity contribution in [2.45, 2.75) is 5.41 Å². The number of ether oxygens (including phenoxy) is 1. The van der Waals surface area contributed by atoms with Crippen LogP contribution in [-0.2, 0) is 5.41 Å². The average Bonchev–Trinajstić information content (AvgIpc) is 3.71. The van der Waals surface area contributed by atoms with Gasteiger partial charge in [0.25, 0.3) is 0 Å².